The fourth-order valence-corrected chi connectivity index (χ4v) is 2.10. The molecule has 0 unspecified atom stereocenters. The minimum Gasteiger partial charge on any atom is -0.481 e. The molecule has 0 spiro atoms. The van der Waals surface area contributed by atoms with Gasteiger partial charge in [0.05, 0.1) is 12.0 Å². The molecule has 0 radical (unpaired) electrons. The number of hydrogen-bond acceptors (Lipinski definition) is 3. The lowest BCUT2D eigenvalue weighted by atomic mass is 9.92. The van der Waals surface area contributed by atoms with Crippen LogP contribution in [0.2, 0.25) is 0 Å². The van der Waals surface area contributed by atoms with E-state index in [1.54, 1.807) is 0 Å². The van der Waals surface area contributed by atoms with Crippen LogP contribution in [0.4, 0.5) is 5.69 Å². The van der Waals surface area contributed by atoms with Gasteiger partial charge in [-0.25, -0.2) is 0 Å². The van der Waals surface area contributed by atoms with Crippen molar-refractivity contribution in [3.8, 4) is 0 Å². The van der Waals surface area contributed by atoms with Gasteiger partial charge in [-0.15, -0.1) is 0 Å². The molecular formula is C16H24N2O3. The number of aliphatic carboxylic acids is 1. The molecule has 1 aromatic rings. The van der Waals surface area contributed by atoms with Crippen LogP contribution in [-0.2, 0) is 9.59 Å². The Morgan fingerprint density at radius 3 is 2.14 bits per heavy atom. The largest absolute Gasteiger partial charge is 0.481 e. The Balaban J connectivity index is 3.09. The Morgan fingerprint density at radius 1 is 1.19 bits per heavy atom. The number of carbonyl (C=O) groups excluding carboxylic acids is 1. The van der Waals surface area contributed by atoms with Crippen molar-refractivity contribution in [2.75, 3.05) is 11.4 Å². The molecule has 21 heavy (non-hydrogen) atoms. The number of carboxylic acid groups (broad SMARTS) is 1. The number of hydrogen-bond donors (Lipinski definition) is 2. The molecule has 0 fully saturated rings. The lowest BCUT2D eigenvalue weighted by molar-refractivity contribution is -0.136. The SMILES string of the molecule is CCC(N)(CC)C(=O)N(CCC(=O)O)c1ccc(C)cc1. The topological polar surface area (TPSA) is 83.6 Å². The minimum absolute atomic E-state index is 0.108. The van der Waals surface area contributed by atoms with Crippen LogP contribution < -0.4 is 10.6 Å². The summed E-state index contributed by atoms with van der Waals surface area (Å²) in [7, 11) is 0. The second kappa shape index (κ2) is 7.22. The van der Waals surface area contributed by atoms with Gasteiger partial charge in [0.15, 0.2) is 0 Å². The van der Waals surface area contributed by atoms with Crippen LogP contribution in [-0.4, -0.2) is 29.1 Å². The highest BCUT2D eigenvalue weighted by atomic mass is 16.4. The number of amides is 1. The highest BCUT2D eigenvalue weighted by Gasteiger charge is 2.34. The van der Waals surface area contributed by atoms with Gasteiger partial charge in [0.25, 0.3) is 0 Å². The van der Waals surface area contributed by atoms with Crippen LogP contribution in [0, 0.1) is 6.92 Å². The third-order valence-electron chi connectivity index (χ3n) is 3.83. The average molecular weight is 292 g/mol. The molecule has 1 aromatic carbocycles. The van der Waals surface area contributed by atoms with Crippen LogP contribution in [0.1, 0.15) is 38.7 Å². The third kappa shape index (κ3) is 4.29. The molecule has 1 amide bonds. The van der Waals surface area contributed by atoms with Gasteiger partial charge >= 0.3 is 5.97 Å². The van der Waals surface area contributed by atoms with E-state index in [9.17, 15) is 9.59 Å². The number of aryl methyl sites for hydroxylation is 1. The maximum absolute atomic E-state index is 12.7. The Labute approximate surface area is 125 Å². The van der Waals surface area contributed by atoms with Crippen LogP contribution in [0.3, 0.4) is 0 Å². The highest BCUT2D eigenvalue weighted by Crippen LogP contribution is 2.22. The van der Waals surface area contributed by atoms with Gasteiger partial charge in [-0.2, -0.15) is 0 Å². The van der Waals surface area contributed by atoms with E-state index in [1.165, 1.54) is 4.90 Å². The second-order valence-corrected chi connectivity index (χ2v) is 5.30. The maximum atomic E-state index is 12.7. The van der Waals surface area contributed by atoms with Gasteiger partial charge in [0, 0.05) is 12.2 Å². The van der Waals surface area contributed by atoms with Crippen molar-refractivity contribution in [3.05, 3.63) is 29.8 Å². The molecule has 5 heteroatoms. The molecule has 0 aliphatic heterocycles. The van der Waals surface area contributed by atoms with E-state index >= 15 is 0 Å². The fourth-order valence-electron chi connectivity index (χ4n) is 2.10. The van der Waals surface area contributed by atoms with Crippen molar-refractivity contribution < 1.29 is 14.7 Å². The normalized spacial score (nSPS) is 11.2. The lowest BCUT2D eigenvalue weighted by Gasteiger charge is -2.33. The van der Waals surface area contributed by atoms with Crippen molar-refractivity contribution in [2.24, 2.45) is 5.73 Å². The van der Waals surface area contributed by atoms with Gasteiger partial charge in [-0.3, -0.25) is 9.59 Å². The van der Waals surface area contributed by atoms with E-state index in [0.29, 0.717) is 18.5 Å². The predicted octanol–water partition coefficient (Wildman–Crippen LogP) is 2.32. The summed E-state index contributed by atoms with van der Waals surface area (Å²) in [5.41, 5.74) is 6.98. The molecule has 5 nitrogen and oxygen atoms in total. The zero-order valence-corrected chi connectivity index (χ0v) is 12.9. The van der Waals surface area contributed by atoms with E-state index in [0.717, 1.165) is 5.56 Å². The van der Waals surface area contributed by atoms with Crippen molar-refractivity contribution in [3.63, 3.8) is 0 Å². The smallest absolute Gasteiger partial charge is 0.305 e. The van der Waals surface area contributed by atoms with E-state index in [4.69, 9.17) is 10.8 Å². The Bertz CT molecular complexity index is 493. The van der Waals surface area contributed by atoms with Gasteiger partial charge in [-0.05, 0) is 31.9 Å². The highest BCUT2D eigenvalue weighted by molar-refractivity contribution is 6.00. The van der Waals surface area contributed by atoms with Crippen molar-refractivity contribution in [1.82, 2.24) is 0 Å². The van der Waals surface area contributed by atoms with Gasteiger partial charge in [-0.1, -0.05) is 31.5 Å². The summed E-state index contributed by atoms with van der Waals surface area (Å²) in [6.45, 7) is 5.81. The molecular weight excluding hydrogens is 268 g/mol. The molecule has 3 N–H and O–H groups in total. The Hall–Kier alpha value is -1.88. The van der Waals surface area contributed by atoms with E-state index in [-0.39, 0.29) is 18.9 Å². The summed E-state index contributed by atoms with van der Waals surface area (Å²) < 4.78 is 0. The first-order valence-electron chi connectivity index (χ1n) is 7.23. The van der Waals surface area contributed by atoms with Gasteiger partial charge < -0.3 is 15.7 Å². The first kappa shape index (κ1) is 17.2. The van der Waals surface area contributed by atoms with Crippen LogP contribution in [0.5, 0.6) is 0 Å². The molecule has 0 heterocycles. The number of carboxylic acids is 1. The molecule has 0 atom stereocenters. The monoisotopic (exact) mass is 292 g/mol. The fraction of sp³-hybridized carbons (Fsp3) is 0.500. The molecule has 0 aromatic heterocycles. The van der Waals surface area contributed by atoms with Crippen LogP contribution >= 0.6 is 0 Å². The van der Waals surface area contributed by atoms with Crippen LogP contribution in [0.15, 0.2) is 24.3 Å². The third-order valence-corrected chi connectivity index (χ3v) is 3.83. The van der Waals surface area contributed by atoms with Crippen molar-refractivity contribution >= 4 is 17.6 Å². The first-order chi connectivity index (χ1) is 9.84. The molecule has 1 rings (SSSR count). The molecule has 0 aliphatic carbocycles. The zero-order valence-electron chi connectivity index (χ0n) is 12.9. The summed E-state index contributed by atoms with van der Waals surface area (Å²) in [6.07, 6.45) is 0.915. The standard InChI is InChI=1S/C16H24N2O3/c1-4-16(17,5-2)15(21)18(11-10-14(19)20)13-8-6-12(3)7-9-13/h6-9H,4-5,10-11,17H2,1-3H3,(H,19,20). The number of anilines is 1. The molecule has 0 saturated carbocycles. The van der Waals surface area contributed by atoms with Crippen molar-refractivity contribution in [1.29, 1.82) is 0 Å². The summed E-state index contributed by atoms with van der Waals surface area (Å²) in [5.74, 6) is -1.16. The zero-order chi connectivity index (χ0) is 16.0. The first-order valence-corrected chi connectivity index (χ1v) is 7.23. The minimum atomic E-state index is -0.955. The Kier molecular flexibility index (Phi) is 5.90. The maximum Gasteiger partial charge on any atom is 0.305 e. The van der Waals surface area contributed by atoms with E-state index in [1.807, 2.05) is 45.0 Å². The van der Waals surface area contributed by atoms with Gasteiger partial charge in [0.1, 0.15) is 0 Å². The van der Waals surface area contributed by atoms with Crippen molar-refractivity contribution in [2.45, 2.75) is 45.6 Å². The molecule has 116 valence electrons. The summed E-state index contributed by atoms with van der Waals surface area (Å²) in [6, 6.07) is 7.43. The number of rotatable bonds is 7. The summed E-state index contributed by atoms with van der Waals surface area (Å²) in [5, 5.41) is 8.88. The lowest BCUT2D eigenvalue weighted by Crippen LogP contribution is -2.55. The predicted molar refractivity (Wildman–Crippen MR) is 83.3 cm³/mol. The number of nitrogens with two attached hydrogens (primary N) is 1. The van der Waals surface area contributed by atoms with Gasteiger partial charge in [0.2, 0.25) is 5.91 Å². The number of carbonyl (C=O) groups is 2. The van der Waals surface area contributed by atoms with E-state index < -0.39 is 11.5 Å². The number of nitrogens with zero attached hydrogens (tertiary/aromatic N) is 1. The van der Waals surface area contributed by atoms with E-state index in [2.05, 4.69) is 0 Å². The quantitative estimate of drug-likeness (QED) is 0.808. The summed E-state index contributed by atoms with van der Waals surface area (Å²) in [4.78, 5) is 25.1. The average Bonchev–Trinajstić information content (AvgIpc) is 2.47. The second-order valence-electron chi connectivity index (χ2n) is 5.30. The molecule has 0 saturated heterocycles. The molecule has 0 aliphatic rings. The van der Waals surface area contributed by atoms with Crippen LogP contribution in [0.25, 0.3) is 0 Å². The number of benzene rings is 1. The summed E-state index contributed by atoms with van der Waals surface area (Å²) >= 11 is 0. The molecule has 0 bridgehead atoms. The Morgan fingerprint density at radius 2 is 1.71 bits per heavy atom.